The second-order valence-corrected chi connectivity index (χ2v) is 9.40. The van der Waals surface area contributed by atoms with E-state index in [1.54, 1.807) is 0 Å². The molecule has 1 fully saturated rings. The van der Waals surface area contributed by atoms with E-state index in [0.717, 1.165) is 64.5 Å². The molecule has 178 valence electrons. The first-order chi connectivity index (χ1) is 16.8. The van der Waals surface area contributed by atoms with Gasteiger partial charge in [-0.2, -0.15) is 0 Å². The minimum atomic E-state index is 0.458. The van der Waals surface area contributed by atoms with Crippen LogP contribution in [-0.4, -0.2) is 67.2 Å². The minimum Gasteiger partial charge on any atom is -0.492 e. The Morgan fingerprint density at radius 2 is 1.62 bits per heavy atom. The lowest BCUT2D eigenvalue weighted by atomic mass is 9.89. The van der Waals surface area contributed by atoms with Crippen molar-refractivity contribution in [3.63, 3.8) is 0 Å². The first-order valence-electron chi connectivity index (χ1n) is 12.7. The molecule has 1 atom stereocenters. The molecular weight excluding hydrogens is 420 g/mol. The van der Waals surface area contributed by atoms with Crippen molar-refractivity contribution in [3.05, 3.63) is 89.7 Å². The monoisotopic (exact) mass is 456 g/mol. The quantitative estimate of drug-likeness (QED) is 0.500. The highest BCUT2D eigenvalue weighted by Gasteiger charge is 2.27. The summed E-state index contributed by atoms with van der Waals surface area (Å²) in [5.74, 6) is 1.46. The van der Waals surface area contributed by atoms with Gasteiger partial charge < -0.3 is 9.64 Å². The third-order valence-corrected chi connectivity index (χ3v) is 7.12. The summed E-state index contributed by atoms with van der Waals surface area (Å²) >= 11 is 0. The molecule has 0 bridgehead atoms. The number of pyridine rings is 1. The van der Waals surface area contributed by atoms with Crippen LogP contribution in [0.1, 0.15) is 29.7 Å². The number of para-hydroxylation sites is 2. The van der Waals surface area contributed by atoms with Crippen LogP contribution in [0.15, 0.2) is 72.9 Å². The summed E-state index contributed by atoms with van der Waals surface area (Å²) in [4.78, 5) is 12.5. The van der Waals surface area contributed by atoms with Crippen molar-refractivity contribution < 1.29 is 4.74 Å². The molecule has 5 heteroatoms. The van der Waals surface area contributed by atoms with E-state index >= 15 is 0 Å². The summed E-state index contributed by atoms with van der Waals surface area (Å²) < 4.78 is 5.86. The topological polar surface area (TPSA) is 31.8 Å². The zero-order valence-electron chi connectivity index (χ0n) is 20.3. The Labute approximate surface area is 204 Å². The molecule has 0 saturated carbocycles. The van der Waals surface area contributed by atoms with Gasteiger partial charge in [0.1, 0.15) is 5.75 Å². The molecule has 0 spiro atoms. The van der Waals surface area contributed by atoms with E-state index in [1.165, 1.54) is 22.5 Å². The number of ether oxygens (including phenoxy) is 1. The minimum absolute atomic E-state index is 0.458. The maximum absolute atomic E-state index is 5.86. The number of rotatable bonds is 8. The lowest BCUT2D eigenvalue weighted by Gasteiger charge is -2.39. The van der Waals surface area contributed by atoms with Crippen LogP contribution in [0.3, 0.4) is 0 Å². The Bertz CT molecular complexity index is 1050. The Hall–Kier alpha value is -2.89. The van der Waals surface area contributed by atoms with E-state index in [1.807, 2.05) is 13.1 Å². The first-order valence-corrected chi connectivity index (χ1v) is 12.7. The van der Waals surface area contributed by atoms with Gasteiger partial charge in [0.25, 0.3) is 0 Å². The Morgan fingerprint density at radius 1 is 0.853 bits per heavy atom. The van der Waals surface area contributed by atoms with Gasteiger partial charge in [0, 0.05) is 70.2 Å². The van der Waals surface area contributed by atoms with Crippen LogP contribution < -0.4 is 9.64 Å². The molecule has 0 radical (unpaired) electrons. The van der Waals surface area contributed by atoms with Crippen molar-refractivity contribution in [2.45, 2.75) is 25.8 Å². The first kappa shape index (κ1) is 22.9. The Kier molecular flexibility index (Phi) is 7.42. The number of piperazine rings is 1. The van der Waals surface area contributed by atoms with Crippen LogP contribution >= 0.6 is 0 Å². The highest BCUT2D eigenvalue weighted by Crippen LogP contribution is 2.30. The van der Waals surface area contributed by atoms with Crippen LogP contribution in [-0.2, 0) is 13.0 Å². The predicted octanol–water partition coefficient (Wildman–Crippen LogP) is 4.44. The maximum Gasteiger partial charge on any atom is 0.142 e. The number of nitrogens with zero attached hydrogens (tertiary/aromatic N) is 4. The predicted molar refractivity (Wildman–Crippen MR) is 139 cm³/mol. The van der Waals surface area contributed by atoms with Gasteiger partial charge in [-0.3, -0.25) is 14.8 Å². The van der Waals surface area contributed by atoms with Crippen molar-refractivity contribution in [2.75, 3.05) is 57.3 Å². The molecule has 3 aromatic rings. The average molecular weight is 457 g/mol. The SMILES string of the molecule is CCOc1ccccc1N1CCN(CCN2Cc3cccnc3C(Cc3ccccc3)C2)CC1. The van der Waals surface area contributed by atoms with E-state index < -0.39 is 0 Å². The highest BCUT2D eigenvalue weighted by atomic mass is 16.5. The van der Waals surface area contributed by atoms with Crippen LogP contribution in [0.2, 0.25) is 0 Å². The van der Waals surface area contributed by atoms with E-state index in [0.29, 0.717) is 12.5 Å². The zero-order valence-corrected chi connectivity index (χ0v) is 20.3. The molecule has 0 N–H and O–H groups in total. The molecule has 2 aliphatic rings. The van der Waals surface area contributed by atoms with Gasteiger partial charge in [0.05, 0.1) is 12.3 Å². The summed E-state index contributed by atoms with van der Waals surface area (Å²) in [6, 6.07) is 23.6. The second kappa shape index (κ2) is 11.0. The van der Waals surface area contributed by atoms with E-state index in [4.69, 9.17) is 9.72 Å². The van der Waals surface area contributed by atoms with Gasteiger partial charge in [-0.05, 0) is 42.7 Å². The van der Waals surface area contributed by atoms with Crippen molar-refractivity contribution in [2.24, 2.45) is 0 Å². The molecule has 0 aliphatic carbocycles. The summed E-state index contributed by atoms with van der Waals surface area (Å²) in [6.07, 6.45) is 3.01. The smallest absolute Gasteiger partial charge is 0.142 e. The standard InChI is InChI=1S/C29H36N4O/c1-2-34-28-13-7-6-12-27(28)33-19-17-31(18-20-33)15-16-32-22-25-11-8-14-30-29(25)26(23-32)21-24-9-4-3-5-10-24/h3-14,26H,2,15-23H2,1H3. The van der Waals surface area contributed by atoms with Crippen molar-refractivity contribution in [3.8, 4) is 5.75 Å². The van der Waals surface area contributed by atoms with Gasteiger partial charge in [0.2, 0.25) is 0 Å². The van der Waals surface area contributed by atoms with Crippen molar-refractivity contribution >= 4 is 5.69 Å². The van der Waals surface area contributed by atoms with E-state index in [-0.39, 0.29) is 0 Å². The van der Waals surface area contributed by atoms with Gasteiger partial charge in [-0.1, -0.05) is 48.5 Å². The van der Waals surface area contributed by atoms with Gasteiger partial charge >= 0.3 is 0 Å². The highest BCUT2D eigenvalue weighted by molar-refractivity contribution is 5.58. The lowest BCUT2D eigenvalue weighted by Crippen LogP contribution is -2.49. The lowest BCUT2D eigenvalue weighted by molar-refractivity contribution is 0.174. The van der Waals surface area contributed by atoms with Gasteiger partial charge in [-0.25, -0.2) is 0 Å². The van der Waals surface area contributed by atoms with Gasteiger partial charge in [0.15, 0.2) is 0 Å². The van der Waals surface area contributed by atoms with E-state index in [2.05, 4.69) is 81.4 Å². The molecule has 1 saturated heterocycles. The van der Waals surface area contributed by atoms with Crippen LogP contribution in [0.25, 0.3) is 0 Å². The third kappa shape index (κ3) is 5.43. The molecule has 34 heavy (non-hydrogen) atoms. The number of fused-ring (bicyclic) bond motifs is 1. The maximum atomic E-state index is 5.86. The summed E-state index contributed by atoms with van der Waals surface area (Å²) in [6.45, 7) is 11.4. The van der Waals surface area contributed by atoms with Crippen LogP contribution in [0.5, 0.6) is 5.75 Å². The normalized spacial score (nSPS) is 19.1. The number of anilines is 1. The summed E-state index contributed by atoms with van der Waals surface area (Å²) in [5.41, 5.74) is 5.32. The Balaban J connectivity index is 1.17. The van der Waals surface area contributed by atoms with Gasteiger partial charge in [-0.15, -0.1) is 0 Å². The molecule has 0 amide bonds. The summed E-state index contributed by atoms with van der Waals surface area (Å²) in [7, 11) is 0. The van der Waals surface area contributed by atoms with Crippen LogP contribution in [0.4, 0.5) is 5.69 Å². The Morgan fingerprint density at radius 3 is 2.44 bits per heavy atom. The molecule has 3 heterocycles. The second-order valence-electron chi connectivity index (χ2n) is 9.40. The molecule has 2 aliphatic heterocycles. The third-order valence-electron chi connectivity index (χ3n) is 7.12. The summed E-state index contributed by atoms with van der Waals surface area (Å²) in [5, 5.41) is 0. The number of hydrogen-bond donors (Lipinski definition) is 0. The fraction of sp³-hybridized carbons (Fsp3) is 0.414. The molecule has 2 aromatic carbocycles. The largest absolute Gasteiger partial charge is 0.492 e. The molecule has 5 nitrogen and oxygen atoms in total. The fourth-order valence-corrected chi connectivity index (χ4v) is 5.38. The zero-order chi connectivity index (χ0) is 23.2. The number of aromatic nitrogens is 1. The molecular formula is C29H36N4O. The average Bonchev–Trinajstić information content (AvgIpc) is 2.89. The van der Waals surface area contributed by atoms with E-state index in [9.17, 15) is 0 Å². The fourth-order valence-electron chi connectivity index (χ4n) is 5.38. The van der Waals surface area contributed by atoms with Crippen molar-refractivity contribution in [1.29, 1.82) is 0 Å². The molecule has 1 aromatic heterocycles. The molecule has 1 unspecified atom stereocenters. The number of benzene rings is 2. The van der Waals surface area contributed by atoms with Crippen molar-refractivity contribution in [1.82, 2.24) is 14.8 Å². The number of hydrogen-bond acceptors (Lipinski definition) is 5. The molecule has 5 rings (SSSR count). The van der Waals surface area contributed by atoms with Crippen LogP contribution in [0, 0.1) is 0 Å².